The van der Waals surface area contributed by atoms with Gasteiger partial charge in [-0.1, -0.05) is 5.16 Å². The van der Waals surface area contributed by atoms with Gasteiger partial charge in [-0.05, 0) is 12.8 Å². The molecular weight excluding hydrogens is 355 g/mol. The second kappa shape index (κ2) is 9.73. The molecule has 2 aromatic heterocycles. The maximum absolute atomic E-state index is 5.82. The van der Waals surface area contributed by atoms with Gasteiger partial charge in [0.1, 0.15) is 18.8 Å². The molecule has 0 atom stereocenters. The van der Waals surface area contributed by atoms with Crippen LogP contribution in [0.15, 0.2) is 16.9 Å². The van der Waals surface area contributed by atoms with Gasteiger partial charge in [-0.25, -0.2) is 9.97 Å². The van der Waals surface area contributed by atoms with Crippen LogP contribution in [0.5, 0.6) is 0 Å². The van der Waals surface area contributed by atoms with Crippen molar-refractivity contribution in [1.82, 2.24) is 20.1 Å². The molecule has 0 bridgehead atoms. The van der Waals surface area contributed by atoms with E-state index in [1.165, 1.54) is 0 Å². The fourth-order valence-corrected chi connectivity index (χ4v) is 2.47. The molecular formula is C14H22Cl2N6O2. The van der Waals surface area contributed by atoms with Gasteiger partial charge in [0.05, 0.1) is 0 Å². The third-order valence-electron chi connectivity index (χ3n) is 3.71. The summed E-state index contributed by atoms with van der Waals surface area (Å²) in [6.07, 6.45) is 4.22. The summed E-state index contributed by atoms with van der Waals surface area (Å²) in [6, 6.07) is 2.30. The molecule has 1 aliphatic carbocycles. The van der Waals surface area contributed by atoms with Gasteiger partial charge >= 0.3 is 0 Å². The van der Waals surface area contributed by atoms with Crippen LogP contribution in [0.25, 0.3) is 0 Å². The molecule has 24 heavy (non-hydrogen) atoms. The van der Waals surface area contributed by atoms with Crippen molar-refractivity contribution in [2.75, 3.05) is 19.0 Å². The molecule has 1 saturated carbocycles. The van der Waals surface area contributed by atoms with E-state index in [4.69, 9.17) is 15.0 Å². The first-order chi connectivity index (χ1) is 10.7. The molecule has 2 aromatic rings. The van der Waals surface area contributed by atoms with Gasteiger partial charge in [-0.2, -0.15) is 4.98 Å². The summed E-state index contributed by atoms with van der Waals surface area (Å²) in [4.78, 5) is 12.8. The number of aromatic nitrogens is 4. The van der Waals surface area contributed by atoms with Crippen molar-refractivity contribution < 1.29 is 9.26 Å². The third-order valence-corrected chi connectivity index (χ3v) is 3.71. The van der Waals surface area contributed by atoms with Crippen LogP contribution in [0, 0.1) is 0 Å². The highest BCUT2D eigenvalue weighted by Gasteiger charge is 2.28. The minimum atomic E-state index is 0. The molecule has 2 heterocycles. The SMILES string of the molecule is COCc1noc(CCNc2cc(C3CC(N)C3)ncn2)n1.Cl.Cl. The number of hydrogen-bond acceptors (Lipinski definition) is 8. The largest absolute Gasteiger partial charge is 0.377 e. The van der Waals surface area contributed by atoms with E-state index in [1.807, 2.05) is 6.07 Å². The summed E-state index contributed by atoms with van der Waals surface area (Å²) < 4.78 is 10.1. The fraction of sp³-hybridized carbons (Fsp3) is 0.571. The van der Waals surface area contributed by atoms with Crippen molar-refractivity contribution in [3.05, 3.63) is 29.8 Å². The quantitative estimate of drug-likeness (QED) is 0.750. The lowest BCUT2D eigenvalue weighted by Gasteiger charge is -2.31. The molecule has 0 aromatic carbocycles. The standard InChI is InChI=1S/C14H20N6O2.2ClH/c1-21-7-13-19-14(22-20-13)2-3-16-12-6-11(17-8-18-12)9-4-10(15)5-9;;/h6,8-10H,2-5,7,15H2,1H3,(H,16,17,18);2*1H. The van der Waals surface area contributed by atoms with Crippen LogP contribution >= 0.6 is 24.8 Å². The molecule has 0 spiro atoms. The Bertz CT molecular complexity index is 621. The molecule has 3 N–H and O–H groups in total. The summed E-state index contributed by atoms with van der Waals surface area (Å²) in [7, 11) is 1.60. The number of nitrogens with one attached hydrogen (secondary N) is 1. The Labute approximate surface area is 152 Å². The molecule has 0 amide bonds. The molecule has 8 nitrogen and oxygen atoms in total. The number of nitrogens with two attached hydrogens (primary N) is 1. The molecule has 3 rings (SSSR count). The average Bonchev–Trinajstić information content (AvgIpc) is 2.92. The van der Waals surface area contributed by atoms with Gasteiger partial charge in [-0.3, -0.25) is 0 Å². The number of nitrogens with zero attached hydrogens (tertiary/aromatic N) is 4. The highest BCUT2D eigenvalue weighted by atomic mass is 35.5. The molecule has 1 fully saturated rings. The van der Waals surface area contributed by atoms with Gasteiger partial charge in [0.25, 0.3) is 0 Å². The summed E-state index contributed by atoms with van der Waals surface area (Å²) in [5, 5.41) is 7.07. The van der Waals surface area contributed by atoms with Crippen molar-refractivity contribution in [2.24, 2.45) is 5.73 Å². The maximum Gasteiger partial charge on any atom is 0.228 e. The zero-order valence-electron chi connectivity index (χ0n) is 13.3. The predicted molar refractivity (Wildman–Crippen MR) is 93.7 cm³/mol. The van der Waals surface area contributed by atoms with Crippen molar-refractivity contribution in [3.63, 3.8) is 0 Å². The predicted octanol–water partition coefficient (Wildman–Crippen LogP) is 1.71. The maximum atomic E-state index is 5.82. The van der Waals surface area contributed by atoms with E-state index in [-0.39, 0.29) is 24.8 Å². The summed E-state index contributed by atoms with van der Waals surface area (Å²) >= 11 is 0. The number of anilines is 1. The topological polar surface area (TPSA) is 112 Å². The van der Waals surface area contributed by atoms with Crippen molar-refractivity contribution in [2.45, 2.75) is 37.8 Å². The van der Waals surface area contributed by atoms with E-state index >= 15 is 0 Å². The van der Waals surface area contributed by atoms with Crippen molar-refractivity contribution in [1.29, 1.82) is 0 Å². The molecule has 0 saturated heterocycles. The number of halogens is 2. The normalized spacial score (nSPS) is 18.9. The molecule has 10 heteroatoms. The van der Waals surface area contributed by atoms with Gasteiger partial charge in [0, 0.05) is 43.8 Å². The van der Waals surface area contributed by atoms with E-state index in [0.717, 1.165) is 24.4 Å². The lowest BCUT2D eigenvalue weighted by atomic mass is 9.79. The van der Waals surface area contributed by atoms with Gasteiger partial charge < -0.3 is 20.3 Å². The van der Waals surface area contributed by atoms with Crippen LogP contribution in [0.2, 0.25) is 0 Å². The Morgan fingerprint density at radius 1 is 1.33 bits per heavy atom. The van der Waals surface area contributed by atoms with Gasteiger partial charge in [0.15, 0.2) is 5.82 Å². The number of hydrogen-bond donors (Lipinski definition) is 2. The van der Waals surface area contributed by atoms with Crippen molar-refractivity contribution in [3.8, 4) is 0 Å². The van der Waals surface area contributed by atoms with Crippen molar-refractivity contribution >= 4 is 30.6 Å². The smallest absolute Gasteiger partial charge is 0.228 e. The summed E-state index contributed by atoms with van der Waals surface area (Å²) in [5.74, 6) is 2.41. The van der Waals surface area contributed by atoms with Crippen LogP contribution < -0.4 is 11.1 Å². The van der Waals surface area contributed by atoms with E-state index < -0.39 is 0 Å². The number of rotatable bonds is 7. The minimum Gasteiger partial charge on any atom is -0.377 e. The van der Waals surface area contributed by atoms with Gasteiger partial charge in [0.2, 0.25) is 5.89 Å². The Morgan fingerprint density at radius 3 is 2.83 bits per heavy atom. The fourth-order valence-electron chi connectivity index (χ4n) is 2.47. The van der Waals surface area contributed by atoms with Crippen LogP contribution in [0.4, 0.5) is 5.82 Å². The Morgan fingerprint density at radius 2 is 2.12 bits per heavy atom. The second-order valence-electron chi connectivity index (χ2n) is 5.47. The summed E-state index contributed by atoms with van der Waals surface area (Å²) in [5.41, 5.74) is 6.88. The number of methoxy groups -OCH3 is 1. The zero-order chi connectivity index (χ0) is 15.4. The lowest BCUT2D eigenvalue weighted by molar-refractivity contribution is 0.174. The van der Waals surface area contributed by atoms with E-state index in [0.29, 0.717) is 43.2 Å². The first-order valence-electron chi connectivity index (χ1n) is 7.36. The van der Waals surface area contributed by atoms with E-state index in [2.05, 4.69) is 25.4 Å². The molecule has 0 unspecified atom stereocenters. The third kappa shape index (κ3) is 5.27. The molecule has 134 valence electrons. The first kappa shape index (κ1) is 20.6. The molecule has 1 aliphatic rings. The van der Waals surface area contributed by atoms with E-state index in [1.54, 1.807) is 13.4 Å². The Hall–Kier alpha value is -1.48. The molecule has 0 aliphatic heterocycles. The second-order valence-corrected chi connectivity index (χ2v) is 5.47. The van der Waals surface area contributed by atoms with Crippen LogP contribution in [-0.2, 0) is 17.8 Å². The lowest BCUT2D eigenvalue weighted by Crippen LogP contribution is -2.35. The van der Waals surface area contributed by atoms with E-state index in [9.17, 15) is 0 Å². The van der Waals surface area contributed by atoms with Crippen LogP contribution in [0.1, 0.15) is 36.2 Å². The first-order valence-corrected chi connectivity index (χ1v) is 7.36. The monoisotopic (exact) mass is 376 g/mol. The Kier molecular flexibility index (Phi) is 8.34. The summed E-state index contributed by atoms with van der Waals surface area (Å²) in [6.45, 7) is 1.02. The van der Waals surface area contributed by atoms with Crippen LogP contribution in [0.3, 0.4) is 0 Å². The minimum absolute atomic E-state index is 0. The highest BCUT2D eigenvalue weighted by Crippen LogP contribution is 2.34. The van der Waals surface area contributed by atoms with Crippen LogP contribution in [-0.4, -0.2) is 39.8 Å². The highest BCUT2D eigenvalue weighted by molar-refractivity contribution is 5.85. The Balaban J connectivity index is 0.00000144. The molecule has 0 radical (unpaired) electrons. The number of ether oxygens (including phenoxy) is 1. The van der Waals surface area contributed by atoms with Gasteiger partial charge in [-0.15, -0.1) is 24.8 Å². The average molecular weight is 377 g/mol. The zero-order valence-corrected chi connectivity index (χ0v) is 15.0.